The standard InChI is InChI=1S/C20H27N7O2/c1-13(2)25-18(24-12-21)16-8-27-5-6-29-17-7-14(3-4-15(17)19(27)26-16)23-9-20(22)10-28-11-20/h3-4,7-8,12-13,23H,5-6,9-11,22H2,1-2H3,(H2,21,24,25). The Morgan fingerprint density at radius 1 is 1.41 bits per heavy atom. The van der Waals surface area contributed by atoms with Crippen LogP contribution in [0.4, 0.5) is 5.69 Å². The van der Waals surface area contributed by atoms with Crippen LogP contribution in [0, 0.1) is 0 Å². The van der Waals surface area contributed by atoms with Crippen molar-refractivity contribution in [1.29, 1.82) is 0 Å². The maximum Gasteiger partial charge on any atom is 0.176 e. The van der Waals surface area contributed by atoms with Gasteiger partial charge in [0.25, 0.3) is 0 Å². The lowest BCUT2D eigenvalue weighted by Crippen LogP contribution is -2.61. The largest absolute Gasteiger partial charge is 0.491 e. The van der Waals surface area contributed by atoms with Crippen LogP contribution in [-0.4, -0.2) is 59.7 Å². The lowest BCUT2D eigenvalue weighted by atomic mass is 9.99. The van der Waals surface area contributed by atoms with Crippen molar-refractivity contribution in [2.75, 3.05) is 31.7 Å². The van der Waals surface area contributed by atoms with Crippen LogP contribution in [0.5, 0.6) is 5.75 Å². The number of hydrogen-bond acceptors (Lipinski definition) is 6. The number of fused-ring (bicyclic) bond motifs is 3. The van der Waals surface area contributed by atoms with E-state index in [4.69, 9.17) is 25.9 Å². The summed E-state index contributed by atoms with van der Waals surface area (Å²) >= 11 is 0. The number of aliphatic imine (C=N–C) groups is 2. The minimum absolute atomic E-state index is 0.0892. The number of nitrogens with zero attached hydrogens (tertiary/aromatic N) is 4. The zero-order valence-corrected chi connectivity index (χ0v) is 16.8. The molecule has 0 amide bonds. The first-order chi connectivity index (χ1) is 14.0. The number of amidine groups is 1. The summed E-state index contributed by atoms with van der Waals surface area (Å²) in [4.78, 5) is 13.5. The fourth-order valence-corrected chi connectivity index (χ4v) is 3.32. The van der Waals surface area contributed by atoms with Gasteiger partial charge in [-0.05, 0) is 26.0 Å². The molecule has 1 saturated heterocycles. The van der Waals surface area contributed by atoms with Crippen LogP contribution in [0.15, 0.2) is 34.4 Å². The third-order valence-electron chi connectivity index (χ3n) is 4.82. The van der Waals surface area contributed by atoms with E-state index in [1.165, 1.54) is 6.34 Å². The van der Waals surface area contributed by atoms with Crippen LogP contribution in [0.25, 0.3) is 11.4 Å². The number of anilines is 1. The van der Waals surface area contributed by atoms with E-state index in [-0.39, 0.29) is 11.6 Å². The summed E-state index contributed by atoms with van der Waals surface area (Å²) in [5.41, 5.74) is 14.0. The highest BCUT2D eigenvalue weighted by molar-refractivity contribution is 6.01. The average molecular weight is 397 g/mol. The van der Waals surface area contributed by atoms with Crippen molar-refractivity contribution in [2.45, 2.75) is 32.0 Å². The lowest BCUT2D eigenvalue weighted by molar-refractivity contribution is -0.0461. The van der Waals surface area contributed by atoms with E-state index in [9.17, 15) is 0 Å². The highest BCUT2D eigenvalue weighted by atomic mass is 16.5. The molecular weight excluding hydrogens is 370 g/mol. The van der Waals surface area contributed by atoms with Gasteiger partial charge in [-0.1, -0.05) is 0 Å². The van der Waals surface area contributed by atoms with Gasteiger partial charge in [-0.3, -0.25) is 4.99 Å². The monoisotopic (exact) mass is 397 g/mol. The molecule has 4 rings (SSSR count). The molecule has 0 radical (unpaired) electrons. The van der Waals surface area contributed by atoms with E-state index in [0.29, 0.717) is 44.4 Å². The van der Waals surface area contributed by atoms with E-state index in [0.717, 1.165) is 22.8 Å². The van der Waals surface area contributed by atoms with Crippen molar-refractivity contribution < 1.29 is 9.47 Å². The first kappa shape index (κ1) is 19.4. The molecule has 1 aromatic heterocycles. The first-order valence-corrected chi connectivity index (χ1v) is 9.75. The summed E-state index contributed by atoms with van der Waals surface area (Å²) in [5.74, 6) is 2.14. The number of nitrogens with two attached hydrogens (primary N) is 2. The second-order valence-corrected chi connectivity index (χ2v) is 7.74. The van der Waals surface area contributed by atoms with Gasteiger partial charge in [0.1, 0.15) is 23.9 Å². The Hall–Kier alpha value is -2.91. The molecule has 5 N–H and O–H groups in total. The fraction of sp³-hybridized carbons (Fsp3) is 0.450. The summed E-state index contributed by atoms with van der Waals surface area (Å²) in [5, 5.41) is 3.38. The maximum atomic E-state index is 6.20. The highest BCUT2D eigenvalue weighted by Gasteiger charge is 2.33. The molecule has 9 heteroatoms. The van der Waals surface area contributed by atoms with Gasteiger partial charge in [0.2, 0.25) is 0 Å². The second kappa shape index (κ2) is 7.84. The molecule has 0 aliphatic carbocycles. The Balaban J connectivity index is 1.63. The van der Waals surface area contributed by atoms with Crippen LogP contribution < -0.4 is 21.5 Å². The number of aromatic nitrogens is 2. The van der Waals surface area contributed by atoms with E-state index in [1.54, 1.807) is 0 Å². The quantitative estimate of drug-likeness (QED) is 0.515. The molecule has 0 atom stereocenters. The van der Waals surface area contributed by atoms with Gasteiger partial charge in [0, 0.05) is 30.5 Å². The Bertz CT molecular complexity index is 944. The lowest BCUT2D eigenvalue weighted by Gasteiger charge is -2.38. The fourth-order valence-electron chi connectivity index (χ4n) is 3.32. The van der Waals surface area contributed by atoms with Crippen molar-refractivity contribution >= 4 is 17.9 Å². The highest BCUT2D eigenvalue weighted by Crippen LogP contribution is 2.34. The Morgan fingerprint density at radius 3 is 2.93 bits per heavy atom. The number of ether oxygens (including phenoxy) is 2. The Kier molecular flexibility index (Phi) is 5.25. The van der Waals surface area contributed by atoms with Crippen LogP contribution >= 0.6 is 0 Å². The summed E-state index contributed by atoms with van der Waals surface area (Å²) in [6.45, 7) is 7.02. The first-order valence-electron chi connectivity index (χ1n) is 9.75. The molecule has 2 aliphatic rings. The van der Waals surface area contributed by atoms with Crippen LogP contribution in [0.1, 0.15) is 19.5 Å². The summed E-state index contributed by atoms with van der Waals surface area (Å²) in [6.07, 6.45) is 3.20. The number of benzene rings is 1. The number of rotatable bonds is 5. The van der Waals surface area contributed by atoms with Gasteiger partial charge in [0.15, 0.2) is 5.84 Å². The molecule has 0 bridgehead atoms. The molecule has 0 unspecified atom stereocenters. The normalized spacial score (nSPS) is 18.0. The topological polar surface area (TPSA) is 125 Å². The number of nitrogens with one attached hydrogen (secondary N) is 1. The molecule has 1 fully saturated rings. The van der Waals surface area contributed by atoms with Gasteiger partial charge in [-0.15, -0.1) is 0 Å². The molecule has 0 spiro atoms. The third-order valence-corrected chi connectivity index (χ3v) is 4.82. The minimum atomic E-state index is -0.297. The molecule has 1 aromatic carbocycles. The van der Waals surface area contributed by atoms with Crippen molar-refractivity contribution in [1.82, 2.24) is 9.55 Å². The van der Waals surface area contributed by atoms with Crippen molar-refractivity contribution in [3.8, 4) is 17.1 Å². The predicted molar refractivity (Wildman–Crippen MR) is 114 cm³/mol. The van der Waals surface area contributed by atoms with Crippen LogP contribution in [0.2, 0.25) is 0 Å². The molecule has 3 heterocycles. The van der Waals surface area contributed by atoms with E-state index < -0.39 is 0 Å². The number of hydrogen-bond donors (Lipinski definition) is 3. The minimum Gasteiger partial charge on any atom is -0.491 e. The van der Waals surface area contributed by atoms with Gasteiger partial charge in [-0.25, -0.2) is 9.98 Å². The number of imidazole rings is 1. The predicted octanol–water partition coefficient (Wildman–Crippen LogP) is 1.22. The van der Waals surface area contributed by atoms with Crippen LogP contribution in [0.3, 0.4) is 0 Å². The average Bonchev–Trinajstić information content (AvgIpc) is 3.01. The SMILES string of the molecule is CC(C)N=C(N=CN)c1cn2c(n1)-c1ccc(NCC3(N)COC3)cc1OCC2. The third kappa shape index (κ3) is 4.10. The molecule has 2 aromatic rings. The van der Waals surface area contributed by atoms with Gasteiger partial charge in [-0.2, -0.15) is 0 Å². The summed E-state index contributed by atoms with van der Waals surface area (Å²) in [7, 11) is 0. The van der Waals surface area contributed by atoms with Crippen molar-refractivity contribution in [2.24, 2.45) is 21.5 Å². The second-order valence-electron chi connectivity index (χ2n) is 7.74. The Morgan fingerprint density at radius 2 is 2.24 bits per heavy atom. The van der Waals surface area contributed by atoms with E-state index in [2.05, 4.69) is 19.9 Å². The molecular formula is C20H27N7O2. The maximum absolute atomic E-state index is 6.20. The summed E-state index contributed by atoms with van der Waals surface area (Å²) < 4.78 is 13.3. The molecule has 2 aliphatic heterocycles. The van der Waals surface area contributed by atoms with E-state index >= 15 is 0 Å². The Labute approximate surface area is 169 Å². The van der Waals surface area contributed by atoms with Gasteiger partial charge < -0.3 is 30.8 Å². The van der Waals surface area contributed by atoms with Gasteiger partial charge >= 0.3 is 0 Å². The zero-order chi connectivity index (χ0) is 20.4. The summed E-state index contributed by atoms with van der Waals surface area (Å²) in [6, 6.07) is 6.10. The molecule has 154 valence electrons. The van der Waals surface area contributed by atoms with Gasteiger partial charge in [0.05, 0.1) is 37.2 Å². The smallest absolute Gasteiger partial charge is 0.176 e. The molecule has 9 nitrogen and oxygen atoms in total. The zero-order valence-electron chi connectivity index (χ0n) is 16.8. The van der Waals surface area contributed by atoms with Crippen molar-refractivity contribution in [3.63, 3.8) is 0 Å². The molecule has 0 saturated carbocycles. The van der Waals surface area contributed by atoms with Crippen molar-refractivity contribution in [3.05, 3.63) is 30.1 Å². The van der Waals surface area contributed by atoms with E-state index in [1.807, 2.05) is 38.2 Å². The van der Waals surface area contributed by atoms with Crippen LogP contribution in [-0.2, 0) is 11.3 Å². The molecule has 29 heavy (non-hydrogen) atoms.